The summed E-state index contributed by atoms with van der Waals surface area (Å²) in [5.41, 5.74) is 5.68. The van der Waals surface area contributed by atoms with E-state index in [-0.39, 0.29) is 17.3 Å². The molecule has 0 spiro atoms. The first-order valence-corrected chi connectivity index (χ1v) is 5.83. The van der Waals surface area contributed by atoms with Crippen LogP contribution in [0.1, 0.15) is 13.8 Å². The Hall–Kier alpha value is -1.69. The van der Waals surface area contributed by atoms with E-state index in [0.29, 0.717) is 19.0 Å². The predicted octanol–water partition coefficient (Wildman–Crippen LogP) is 2.38. The van der Waals surface area contributed by atoms with Crippen molar-refractivity contribution in [3.8, 4) is 0 Å². The number of hydrogen-bond donors (Lipinski definition) is 2. The topological polar surface area (TPSA) is 81.2 Å². The maximum Gasteiger partial charge on any atom is 0.292 e. The molecule has 0 aliphatic rings. The SMILES string of the molecule is CC(C)C(CN)CNc1cc(F)ccc1[N+](=O)[O-]. The van der Waals surface area contributed by atoms with Crippen molar-refractivity contribution in [2.24, 2.45) is 17.6 Å². The van der Waals surface area contributed by atoms with Gasteiger partial charge in [-0.3, -0.25) is 10.1 Å². The van der Waals surface area contributed by atoms with Crippen molar-refractivity contribution in [2.45, 2.75) is 13.8 Å². The summed E-state index contributed by atoms with van der Waals surface area (Å²) in [5, 5.41) is 13.7. The molecule has 100 valence electrons. The van der Waals surface area contributed by atoms with Crippen molar-refractivity contribution in [1.82, 2.24) is 0 Å². The van der Waals surface area contributed by atoms with Crippen LogP contribution in [-0.4, -0.2) is 18.0 Å². The van der Waals surface area contributed by atoms with E-state index in [0.717, 1.165) is 18.2 Å². The van der Waals surface area contributed by atoms with Gasteiger partial charge in [0.1, 0.15) is 11.5 Å². The first-order chi connectivity index (χ1) is 8.45. The third-order valence-electron chi connectivity index (χ3n) is 2.96. The monoisotopic (exact) mass is 255 g/mol. The molecule has 6 heteroatoms. The molecule has 0 bridgehead atoms. The van der Waals surface area contributed by atoms with Gasteiger partial charge in [0.05, 0.1) is 4.92 Å². The molecule has 0 saturated heterocycles. The van der Waals surface area contributed by atoms with Gasteiger partial charge in [0.2, 0.25) is 0 Å². The van der Waals surface area contributed by atoms with Gasteiger partial charge in [-0.05, 0) is 24.4 Å². The summed E-state index contributed by atoms with van der Waals surface area (Å²) in [6, 6.07) is 3.36. The number of anilines is 1. The maximum absolute atomic E-state index is 13.1. The van der Waals surface area contributed by atoms with E-state index >= 15 is 0 Å². The fourth-order valence-electron chi connectivity index (χ4n) is 1.64. The molecule has 1 rings (SSSR count). The third kappa shape index (κ3) is 3.66. The third-order valence-corrected chi connectivity index (χ3v) is 2.96. The summed E-state index contributed by atoms with van der Waals surface area (Å²) in [4.78, 5) is 10.3. The zero-order valence-corrected chi connectivity index (χ0v) is 10.5. The van der Waals surface area contributed by atoms with Gasteiger partial charge in [-0.15, -0.1) is 0 Å². The van der Waals surface area contributed by atoms with E-state index in [1.807, 2.05) is 13.8 Å². The minimum absolute atomic E-state index is 0.129. The quantitative estimate of drug-likeness (QED) is 0.604. The fraction of sp³-hybridized carbons (Fsp3) is 0.500. The molecule has 3 N–H and O–H groups in total. The van der Waals surface area contributed by atoms with Crippen molar-refractivity contribution >= 4 is 11.4 Å². The van der Waals surface area contributed by atoms with Crippen LogP contribution < -0.4 is 11.1 Å². The van der Waals surface area contributed by atoms with Gasteiger partial charge in [-0.1, -0.05) is 13.8 Å². The van der Waals surface area contributed by atoms with Crippen LogP contribution in [0.25, 0.3) is 0 Å². The molecule has 18 heavy (non-hydrogen) atoms. The summed E-state index contributed by atoms with van der Waals surface area (Å²) >= 11 is 0. The summed E-state index contributed by atoms with van der Waals surface area (Å²) in [6.07, 6.45) is 0. The molecule has 0 heterocycles. The minimum Gasteiger partial charge on any atom is -0.379 e. The van der Waals surface area contributed by atoms with Crippen LogP contribution in [0, 0.1) is 27.8 Å². The molecule has 1 aromatic rings. The molecule has 1 atom stereocenters. The van der Waals surface area contributed by atoms with Gasteiger partial charge in [-0.25, -0.2) is 4.39 Å². The van der Waals surface area contributed by atoms with Gasteiger partial charge in [0.15, 0.2) is 0 Å². The maximum atomic E-state index is 13.1. The first-order valence-electron chi connectivity index (χ1n) is 5.83. The van der Waals surface area contributed by atoms with Gasteiger partial charge in [0.25, 0.3) is 5.69 Å². The fourth-order valence-corrected chi connectivity index (χ4v) is 1.64. The lowest BCUT2D eigenvalue weighted by molar-refractivity contribution is -0.384. The number of nitrogens with one attached hydrogen (secondary N) is 1. The number of nitrogens with two attached hydrogens (primary N) is 1. The Balaban J connectivity index is 2.83. The van der Waals surface area contributed by atoms with Crippen molar-refractivity contribution in [3.63, 3.8) is 0 Å². The smallest absolute Gasteiger partial charge is 0.292 e. The Labute approximate surface area is 105 Å². The number of nitrogens with zero attached hydrogens (tertiary/aromatic N) is 1. The van der Waals surface area contributed by atoms with Crippen LogP contribution >= 0.6 is 0 Å². The van der Waals surface area contributed by atoms with Crippen LogP contribution in [0.5, 0.6) is 0 Å². The van der Waals surface area contributed by atoms with Gasteiger partial charge in [0, 0.05) is 18.7 Å². The predicted molar refractivity (Wildman–Crippen MR) is 68.9 cm³/mol. The molecule has 5 nitrogen and oxygen atoms in total. The molecule has 0 radical (unpaired) electrons. The normalized spacial score (nSPS) is 12.5. The van der Waals surface area contributed by atoms with E-state index in [1.54, 1.807) is 0 Å². The van der Waals surface area contributed by atoms with Crippen LogP contribution in [0.15, 0.2) is 18.2 Å². The minimum atomic E-state index is -0.533. The number of nitro benzene ring substituents is 1. The summed E-state index contributed by atoms with van der Waals surface area (Å²) in [5.74, 6) is 0.0416. The van der Waals surface area contributed by atoms with Crippen molar-refractivity contribution in [2.75, 3.05) is 18.4 Å². The second kappa shape index (κ2) is 6.30. The Morgan fingerprint density at radius 3 is 2.67 bits per heavy atom. The van der Waals surface area contributed by atoms with E-state index in [9.17, 15) is 14.5 Å². The highest BCUT2D eigenvalue weighted by atomic mass is 19.1. The highest BCUT2D eigenvalue weighted by Gasteiger charge is 2.17. The Kier molecular flexibility index (Phi) is 5.03. The summed E-state index contributed by atoms with van der Waals surface area (Å²) < 4.78 is 13.1. The molecule has 0 aromatic heterocycles. The molecule has 1 aromatic carbocycles. The van der Waals surface area contributed by atoms with Crippen molar-refractivity contribution in [3.05, 3.63) is 34.1 Å². The zero-order valence-electron chi connectivity index (χ0n) is 10.5. The van der Waals surface area contributed by atoms with E-state index in [4.69, 9.17) is 5.73 Å². The number of halogens is 1. The Bertz CT molecular complexity index is 424. The molecule has 1 unspecified atom stereocenters. The van der Waals surface area contributed by atoms with Crippen molar-refractivity contribution in [1.29, 1.82) is 0 Å². The molecular formula is C12H18FN3O2. The van der Waals surface area contributed by atoms with Crippen LogP contribution in [0.2, 0.25) is 0 Å². The number of hydrogen-bond acceptors (Lipinski definition) is 4. The van der Waals surface area contributed by atoms with Crippen molar-refractivity contribution < 1.29 is 9.31 Å². The van der Waals surface area contributed by atoms with Crippen LogP contribution in [0.3, 0.4) is 0 Å². The Morgan fingerprint density at radius 1 is 1.50 bits per heavy atom. The van der Waals surface area contributed by atoms with Gasteiger partial charge in [-0.2, -0.15) is 0 Å². The standard InChI is InChI=1S/C12H18FN3O2/c1-8(2)9(6-14)7-15-11-5-10(13)3-4-12(11)16(17)18/h3-5,8-9,15H,6-7,14H2,1-2H3. The first kappa shape index (κ1) is 14.4. The molecule has 0 fully saturated rings. The molecule has 0 aliphatic carbocycles. The lowest BCUT2D eigenvalue weighted by atomic mass is 9.96. The molecular weight excluding hydrogens is 237 g/mol. The zero-order chi connectivity index (χ0) is 13.7. The lowest BCUT2D eigenvalue weighted by Crippen LogP contribution is -2.27. The highest BCUT2D eigenvalue weighted by molar-refractivity contribution is 5.61. The second-order valence-electron chi connectivity index (χ2n) is 4.54. The number of rotatable bonds is 6. The average Bonchev–Trinajstić information content (AvgIpc) is 2.29. The summed E-state index contributed by atoms with van der Waals surface area (Å²) in [6.45, 7) is 5.02. The van der Waals surface area contributed by atoms with E-state index in [2.05, 4.69) is 5.32 Å². The molecule has 0 saturated carbocycles. The lowest BCUT2D eigenvalue weighted by Gasteiger charge is -2.19. The molecule has 0 amide bonds. The Morgan fingerprint density at radius 2 is 2.17 bits per heavy atom. The van der Waals surface area contributed by atoms with E-state index in [1.165, 1.54) is 0 Å². The van der Waals surface area contributed by atoms with Gasteiger partial charge < -0.3 is 11.1 Å². The molecule has 0 aliphatic heterocycles. The average molecular weight is 255 g/mol. The highest BCUT2D eigenvalue weighted by Crippen LogP contribution is 2.25. The van der Waals surface area contributed by atoms with Crippen LogP contribution in [-0.2, 0) is 0 Å². The summed E-state index contributed by atoms with van der Waals surface area (Å²) in [7, 11) is 0. The van der Waals surface area contributed by atoms with E-state index < -0.39 is 10.7 Å². The number of benzene rings is 1. The largest absolute Gasteiger partial charge is 0.379 e. The number of nitro groups is 1. The van der Waals surface area contributed by atoms with Crippen LogP contribution in [0.4, 0.5) is 15.8 Å². The second-order valence-corrected chi connectivity index (χ2v) is 4.54. The van der Waals surface area contributed by atoms with Gasteiger partial charge >= 0.3 is 0 Å².